The molecule has 0 radical (unpaired) electrons. The highest BCUT2D eigenvalue weighted by Gasteiger charge is 2.21. The molecule has 0 spiro atoms. The number of nitrogens with zero attached hydrogens (tertiary/aromatic N) is 4. The third-order valence-electron chi connectivity index (χ3n) is 5.03. The largest absolute Gasteiger partial charge is 0.382 e. The molecule has 2 aromatic heterocycles. The fraction of sp³-hybridized carbons (Fsp3) is 0.350. The van der Waals surface area contributed by atoms with E-state index in [9.17, 15) is 4.39 Å². The summed E-state index contributed by atoms with van der Waals surface area (Å²) in [6, 6.07) is 8.76. The Labute approximate surface area is 157 Å². The Hall–Kier alpha value is -2.64. The van der Waals surface area contributed by atoms with Gasteiger partial charge in [-0.3, -0.25) is 4.90 Å². The fourth-order valence-corrected chi connectivity index (χ4v) is 3.66. The van der Waals surface area contributed by atoms with Crippen LogP contribution in [0.25, 0.3) is 22.3 Å². The number of anilines is 1. The first-order chi connectivity index (χ1) is 13.1. The molecule has 3 aromatic rings. The van der Waals surface area contributed by atoms with E-state index in [1.165, 1.54) is 18.8 Å². The van der Waals surface area contributed by atoms with E-state index in [1.54, 1.807) is 6.07 Å². The van der Waals surface area contributed by atoms with Crippen LogP contribution >= 0.6 is 0 Å². The zero-order valence-electron chi connectivity index (χ0n) is 15.3. The van der Waals surface area contributed by atoms with Crippen LogP contribution in [-0.4, -0.2) is 39.1 Å². The van der Waals surface area contributed by atoms with Gasteiger partial charge in [-0.05, 0) is 61.8 Å². The molecule has 0 saturated carbocycles. The van der Waals surface area contributed by atoms with Gasteiger partial charge in [0.1, 0.15) is 17.7 Å². The van der Waals surface area contributed by atoms with Crippen LogP contribution in [0, 0.1) is 5.82 Å². The number of nitrogens with one attached hydrogen (secondary N) is 1. The minimum atomic E-state index is -0.267. The Bertz CT molecular complexity index is 954. The maximum atomic E-state index is 14.3. The first-order valence-corrected chi connectivity index (χ1v) is 9.28. The lowest BCUT2D eigenvalue weighted by atomic mass is 10.1. The lowest BCUT2D eigenvalue weighted by molar-refractivity contribution is 0.182. The van der Waals surface area contributed by atoms with Crippen LogP contribution in [0.2, 0.25) is 0 Å². The van der Waals surface area contributed by atoms with Crippen LogP contribution in [0.3, 0.4) is 0 Å². The molecule has 3 N–H and O–H groups in total. The highest BCUT2D eigenvalue weighted by molar-refractivity contribution is 5.85. The van der Waals surface area contributed by atoms with E-state index in [1.807, 2.05) is 18.2 Å². The van der Waals surface area contributed by atoms with Crippen LogP contribution in [0.1, 0.15) is 25.3 Å². The highest BCUT2D eigenvalue weighted by atomic mass is 19.1. The number of nitrogens with two attached hydrogens (primary N) is 1. The molecule has 1 aromatic carbocycles. The van der Waals surface area contributed by atoms with Gasteiger partial charge < -0.3 is 11.1 Å². The standard InChI is InChI=1S/C20H23FN6/c1-2-27(18-4-3-7-23-18)11-13-8-14(10-15(21)9-13)16-5-6-17-19(26-16)20(22)25-12-24-17/h5-6,8-10,12,18,23H,2-4,7,11H2,1H3,(H2,22,24,25). The van der Waals surface area contributed by atoms with Crippen LogP contribution in [0.5, 0.6) is 0 Å². The van der Waals surface area contributed by atoms with E-state index in [0.29, 0.717) is 35.3 Å². The molecule has 7 heteroatoms. The summed E-state index contributed by atoms with van der Waals surface area (Å²) >= 11 is 0. The van der Waals surface area contributed by atoms with Crippen molar-refractivity contribution in [3.05, 3.63) is 48.0 Å². The molecule has 1 unspecified atom stereocenters. The van der Waals surface area contributed by atoms with E-state index in [4.69, 9.17) is 5.73 Å². The summed E-state index contributed by atoms with van der Waals surface area (Å²) in [4.78, 5) is 15.1. The van der Waals surface area contributed by atoms with Gasteiger partial charge in [0.25, 0.3) is 0 Å². The van der Waals surface area contributed by atoms with Crippen molar-refractivity contribution < 1.29 is 4.39 Å². The third kappa shape index (κ3) is 3.74. The predicted octanol–water partition coefficient (Wildman–Crippen LogP) is 2.94. The fourth-order valence-electron chi connectivity index (χ4n) is 3.66. The number of hydrogen-bond donors (Lipinski definition) is 2. The summed E-state index contributed by atoms with van der Waals surface area (Å²) in [5.74, 6) is 0.0556. The van der Waals surface area contributed by atoms with Gasteiger partial charge in [-0.25, -0.2) is 19.3 Å². The molecule has 4 rings (SSSR count). The number of rotatable bonds is 5. The van der Waals surface area contributed by atoms with Gasteiger partial charge in [-0.15, -0.1) is 0 Å². The Morgan fingerprint density at radius 1 is 1.26 bits per heavy atom. The van der Waals surface area contributed by atoms with Crippen LogP contribution in [-0.2, 0) is 6.54 Å². The Morgan fingerprint density at radius 3 is 2.93 bits per heavy atom. The average Bonchev–Trinajstić information content (AvgIpc) is 3.20. The molecule has 0 aliphatic carbocycles. The summed E-state index contributed by atoms with van der Waals surface area (Å²) in [6.07, 6.45) is 4.08. The second kappa shape index (κ2) is 7.54. The van der Waals surface area contributed by atoms with E-state index in [-0.39, 0.29) is 5.82 Å². The van der Waals surface area contributed by atoms with Crippen molar-refractivity contribution in [2.75, 3.05) is 18.8 Å². The molecule has 3 heterocycles. The second-order valence-corrected chi connectivity index (χ2v) is 6.85. The molecule has 1 aliphatic rings. The zero-order chi connectivity index (χ0) is 18.8. The smallest absolute Gasteiger partial charge is 0.153 e. The molecule has 27 heavy (non-hydrogen) atoms. The predicted molar refractivity (Wildman–Crippen MR) is 104 cm³/mol. The van der Waals surface area contributed by atoms with Gasteiger partial charge in [-0.1, -0.05) is 6.92 Å². The van der Waals surface area contributed by atoms with E-state index < -0.39 is 0 Å². The van der Waals surface area contributed by atoms with Gasteiger partial charge >= 0.3 is 0 Å². The van der Waals surface area contributed by atoms with Gasteiger partial charge in [0, 0.05) is 12.1 Å². The number of halogens is 1. The number of benzene rings is 1. The molecule has 1 aliphatic heterocycles. The van der Waals surface area contributed by atoms with Gasteiger partial charge in [-0.2, -0.15) is 0 Å². The summed E-state index contributed by atoms with van der Waals surface area (Å²) < 4.78 is 14.3. The lowest BCUT2D eigenvalue weighted by Gasteiger charge is -2.27. The maximum absolute atomic E-state index is 14.3. The van der Waals surface area contributed by atoms with Crippen molar-refractivity contribution in [2.24, 2.45) is 0 Å². The second-order valence-electron chi connectivity index (χ2n) is 6.85. The maximum Gasteiger partial charge on any atom is 0.153 e. The van der Waals surface area contributed by atoms with Crippen molar-refractivity contribution in [3.8, 4) is 11.3 Å². The molecular formula is C20H23FN6. The third-order valence-corrected chi connectivity index (χ3v) is 5.03. The lowest BCUT2D eigenvalue weighted by Crippen LogP contribution is -2.41. The number of aromatic nitrogens is 3. The molecular weight excluding hydrogens is 343 g/mol. The monoisotopic (exact) mass is 366 g/mol. The topological polar surface area (TPSA) is 80.0 Å². The summed E-state index contributed by atoms with van der Waals surface area (Å²) in [5.41, 5.74) is 9.44. The van der Waals surface area contributed by atoms with Crippen molar-refractivity contribution in [3.63, 3.8) is 0 Å². The first kappa shape index (κ1) is 17.8. The Balaban J connectivity index is 1.67. The minimum absolute atomic E-state index is 0.267. The summed E-state index contributed by atoms with van der Waals surface area (Å²) in [5, 5.41) is 3.51. The molecule has 1 atom stereocenters. The first-order valence-electron chi connectivity index (χ1n) is 9.28. The van der Waals surface area contributed by atoms with Crippen LogP contribution in [0.15, 0.2) is 36.7 Å². The number of nitrogen functional groups attached to an aromatic ring is 1. The quantitative estimate of drug-likeness (QED) is 0.723. The molecule has 1 fully saturated rings. The van der Waals surface area contributed by atoms with Crippen molar-refractivity contribution in [1.29, 1.82) is 0 Å². The van der Waals surface area contributed by atoms with Crippen LogP contribution in [0.4, 0.5) is 10.2 Å². The van der Waals surface area contributed by atoms with E-state index in [0.717, 1.165) is 30.6 Å². The molecule has 0 bridgehead atoms. The van der Waals surface area contributed by atoms with Gasteiger partial charge in [0.2, 0.25) is 0 Å². The van der Waals surface area contributed by atoms with E-state index >= 15 is 0 Å². The molecule has 0 amide bonds. The van der Waals surface area contributed by atoms with Crippen molar-refractivity contribution in [1.82, 2.24) is 25.2 Å². The SMILES string of the molecule is CCN(Cc1cc(F)cc(-c2ccc3ncnc(N)c3n2)c1)C1CCCN1. The van der Waals surface area contributed by atoms with E-state index in [2.05, 4.69) is 32.1 Å². The number of fused-ring (bicyclic) bond motifs is 1. The average molecular weight is 366 g/mol. The molecule has 1 saturated heterocycles. The molecule has 6 nitrogen and oxygen atoms in total. The zero-order valence-corrected chi connectivity index (χ0v) is 15.3. The van der Waals surface area contributed by atoms with Crippen molar-refractivity contribution >= 4 is 16.9 Å². The Kier molecular flexibility index (Phi) is 4.96. The molecule has 140 valence electrons. The summed E-state index contributed by atoms with van der Waals surface area (Å²) in [6.45, 7) is 4.78. The van der Waals surface area contributed by atoms with Crippen molar-refractivity contribution in [2.45, 2.75) is 32.5 Å². The number of pyridine rings is 1. The minimum Gasteiger partial charge on any atom is -0.382 e. The number of hydrogen-bond acceptors (Lipinski definition) is 6. The van der Waals surface area contributed by atoms with Crippen LogP contribution < -0.4 is 11.1 Å². The van der Waals surface area contributed by atoms with Gasteiger partial charge in [0.05, 0.1) is 17.4 Å². The normalized spacial score (nSPS) is 17.1. The highest BCUT2D eigenvalue weighted by Crippen LogP contribution is 2.25. The summed E-state index contributed by atoms with van der Waals surface area (Å²) in [7, 11) is 0. The Morgan fingerprint density at radius 2 is 2.15 bits per heavy atom. The van der Waals surface area contributed by atoms with Gasteiger partial charge in [0.15, 0.2) is 5.82 Å².